The summed E-state index contributed by atoms with van der Waals surface area (Å²) in [6.45, 7) is 8.05. The Morgan fingerprint density at radius 1 is 0.761 bits per heavy atom. The molecule has 0 aliphatic rings. The van der Waals surface area contributed by atoms with Crippen LogP contribution in [0, 0.1) is 64.1 Å². The van der Waals surface area contributed by atoms with Crippen LogP contribution in [0.3, 0.4) is 0 Å². The van der Waals surface area contributed by atoms with E-state index in [1.807, 2.05) is 60.1 Å². The van der Waals surface area contributed by atoms with Crippen LogP contribution >= 0.6 is 0 Å². The van der Waals surface area contributed by atoms with Gasteiger partial charge in [-0.3, -0.25) is 13.8 Å². The van der Waals surface area contributed by atoms with Crippen molar-refractivity contribution in [2.75, 3.05) is 0 Å². The van der Waals surface area contributed by atoms with Gasteiger partial charge in [-0.25, -0.2) is 0 Å². The molecule has 0 atom stereocenters. The minimum atomic E-state index is -4.46. The van der Waals surface area contributed by atoms with Crippen molar-refractivity contribution in [3.63, 3.8) is 0 Å². The minimum absolute atomic E-state index is 0. The van der Waals surface area contributed by atoms with Crippen LogP contribution in [-0.4, -0.2) is 19.2 Å². The van der Waals surface area contributed by atoms with E-state index in [4.69, 9.17) is 0 Å². The summed E-state index contributed by atoms with van der Waals surface area (Å²) in [6.07, 6.45) is 3.28. The van der Waals surface area contributed by atoms with Gasteiger partial charge in [0.15, 0.2) is 0 Å². The predicted octanol–water partition coefficient (Wildman–Crippen LogP) is 5.43. The Balaban J connectivity index is 0.000000186. The number of benzene rings is 2. The second kappa shape index (κ2) is 15.2. The first kappa shape index (κ1) is 36.0. The van der Waals surface area contributed by atoms with Crippen molar-refractivity contribution in [2.24, 2.45) is 14.1 Å². The van der Waals surface area contributed by atoms with Crippen molar-refractivity contribution < 1.29 is 51.2 Å². The molecule has 6 aromatic rings. The zero-order chi connectivity index (χ0) is 32.9. The molecular weight excluding hydrogens is 782 g/mol. The Labute approximate surface area is 277 Å². The van der Waals surface area contributed by atoms with Crippen LogP contribution in [0.2, 0.25) is 0 Å². The van der Waals surface area contributed by atoms with Crippen LogP contribution in [0.15, 0.2) is 66.9 Å². The number of imidazole rings is 2. The first-order chi connectivity index (χ1) is 21.3. The Morgan fingerprint density at radius 3 is 1.59 bits per heavy atom. The second-order valence-electron chi connectivity index (χ2n) is 9.94. The van der Waals surface area contributed by atoms with Crippen molar-refractivity contribution in [2.45, 2.75) is 33.9 Å². The zero-order valence-corrected chi connectivity index (χ0v) is 28.1. The molecular formula is C33H29F5IrN7-3. The van der Waals surface area contributed by atoms with Gasteiger partial charge in [-0.2, -0.15) is 37.4 Å². The summed E-state index contributed by atoms with van der Waals surface area (Å²) < 4.78 is 69.6. The maximum absolute atomic E-state index is 12.7. The molecule has 1 radical (unpaired) electrons. The maximum Gasteiger partial charge on any atom is 0.431 e. The normalized spacial score (nSPS) is 10.8. The Hall–Kier alpha value is -4.48. The van der Waals surface area contributed by atoms with E-state index in [2.05, 4.69) is 40.0 Å². The van der Waals surface area contributed by atoms with E-state index in [1.54, 1.807) is 30.3 Å². The summed E-state index contributed by atoms with van der Waals surface area (Å²) in [5.74, 6) is -0.547. The molecule has 0 aliphatic heterocycles. The molecule has 46 heavy (non-hydrogen) atoms. The minimum Gasteiger partial charge on any atom is -0.573 e. The summed E-state index contributed by atoms with van der Waals surface area (Å²) in [6, 6.07) is 20.4. The molecule has 0 spiro atoms. The number of aromatic nitrogens is 7. The third kappa shape index (κ3) is 8.61. The second-order valence-corrected chi connectivity index (χ2v) is 9.94. The van der Waals surface area contributed by atoms with Gasteiger partial charge < -0.3 is 28.5 Å². The third-order valence-electron chi connectivity index (χ3n) is 6.98. The van der Waals surface area contributed by atoms with Crippen LogP contribution in [0.25, 0.3) is 22.8 Å². The summed E-state index contributed by atoms with van der Waals surface area (Å²) in [7, 11) is 3.87. The average Bonchev–Trinajstić information content (AvgIpc) is 3.70. The number of pyridine rings is 1. The fourth-order valence-corrected chi connectivity index (χ4v) is 4.02. The van der Waals surface area contributed by atoms with Crippen LogP contribution in [0.4, 0.5) is 22.0 Å². The van der Waals surface area contributed by atoms with E-state index in [9.17, 15) is 22.0 Å². The van der Waals surface area contributed by atoms with Gasteiger partial charge in [0, 0.05) is 66.4 Å². The van der Waals surface area contributed by atoms with Gasteiger partial charge in [0.25, 0.3) is 0 Å². The molecule has 0 saturated heterocycles. The van der Waals surface area contributed by atoms with E-state index in [0.717, 1.165) is 40.2 Å². The molecule has 0 saturated carbocycles. The molecule has 2 aromatic carbocycles. The van der Waals surface area contributed by atoms with Gasteiger partial charge in [-0.15, -0.1) is 24.3 Å². The molecule has 6 rings (SSSR count). The first-order valence-corrected chi connectivity index (χ1v) is 13.5. The van der Waals surface area contributed by atoms with E-state index in [1.165, 1.54) is 30.5 Å². The number of rotatable bonds is 3. The molecule has 0 unspecified atom stereocenters. The molecule has 13 heteroatoms. The predicted molar refractivity (Wildman–Crippen MR) is 154 cm³/mol. The quantitative estimate of drug-likeness (QED) is 0.136. The number of aryl methyl sites for hydroxylation is 2. The van der Waals surface area contributed by atoms with Gasteiger partial charge in [-0.05, 0) is 45.9 Å². The Kier molecular flexibility index (Phi) is 11.9. The molecule has 0 bridgehead atoms. The number of hydrogen-bond acceptors (Lipinski definition) is 2. The maximum atomic E-state index is 12.7. The SMILES string of the molecule is Cc1c(C)[n+](C)[c-]n1-c1[c-]cc(F)cc1.Cc1c(C)[n+](C)[c-]n1-c1[c-]cc(F)cc1.FC(F)(F)c1cc(-c2ccccn2)[n-]n1.[Ir]. The van der Waals surface area contributed by atoms with E-state index in [0.29, 0.717) is 5.69 Å². The van der Waals surface area contributed by atoms with Crippen LogP contribution in [-0.2, 0) is 40.4 Å². The molecule has 0 fully saturated rings. The van der Waals surface area contributed by atoms with Gasteiger partial charge in [0.2, 0.25) is 12.7 Å². The van der Waals surface area contributed by atoms with Crippen LogP contribution in [0.5, 0.6) is 0 Å². The van der Waals surface area contributed by atoms with Gasteiger partial charge in [0.05, 0.1) is 14.1 Å². The van der Waals surface area contributed by atoms with E-state index in [-0.39, 0.29) is 37.4 Å². The third-order valence-corrected chi connectivity index (χ3v) is 6.98. The number of nitrogens with zero attached hydrogens (tertiary/aromatic N) is 7. The molecule has 7 nitrogen and oxygen atoms in total. The topological polar surface area (TPSA) is 57.5 Å². The number of alkyl halides is 3. The number of hydrogen-bond donors (Lipinski definition) is 0. The largest absolute Gasteiger partial charge is 0.573 e. The zero-order valence-electron chi connectivity index (χ0n) is 25.7. The van der Waals surface area contributed by atoms with Crippen LogP contribution in [0.1, 0.15) is 28.5 Å². The van der Waals surface area contributed by atoms with Crippen LogP contribution < -0.4 is 14.2 Å². The molecule has 4 heterocycles. The fourth-order valence-electron chi connectivity index (χ4n) is 4.02. The van der Waals surface area contributed by atoms with Crippen molar-refractivity contribution in [1.82, 2.24) is 24.3 Å². The monoisotopic (exact) mass is 811 g/mol. The molecule has 0 amide bonds. The van der Waals surface area contributed by atoms with Crippen molar-refractivity contribution in [3.05, 3.63) is 132 Å². The van der Waals surface area contributed by atoms with Gasteiger partial charge in [0.1, 0.15) is 5.69 Å². The number of halogens is 5. The smallest absolute Gasteiger partial charge is 0.431 e. The molecule has 0 N–H and O–H groups in total. The summed E-state index contributed by atoms with van der Waals surface area (Å²) in [4.78, 5) is 3.87. The molecule has 243 valence electrons. The van der Waals surface area contributed by atoms with E-state index >= 15 is 0 Å². The summed E-state index contributed by atoms with van der Waals surface area (Å²) in [5.41, 5.74) is 5.54. The van der Waals surface area contributed by atoms with Gasteiger partial charge >= 0.3 is 6.18 Å². The molecule has 4 aromatic heterocycles. The summed E-state index contributed by atoms with van der Waals surface area (Å²) >= 11 is 0. The average molecular weight is 811 g/mol. The Morgan fingerprint density at radius 2 is 1.26 bits per heavy atom. The van der Waals surface area contributed by atoms with E-state index < -0.39 is 11.9 Å². The van der Waals surface area contributed by atoms with Crippen molar-refractivity contribution in [1.29, 1.82) is 0 Å². The standard InChI is InChI=1S/2C12H12FN2.C9H5F3N3.Ir/c2*1-9-10(2)15(8-14(9)3)12-6-4-11(13)5-7-12;10-9(11,12)8-5-7(14-15-8)6-3-1-2-4-13-6;/h2*4-6H,1-3H3;1-5H;/q3*-1;. The first-order valence-electron chi connectivity index (χ1n) is 13.5. The van der Waals surface area contributed by atoms with Gasteiger partial charge in [-0.1, -0.05) is 23.1 Å². The molecule has 0 aliphatic carbocycles. The summed E-state index contributed by atoms with van der Waals surface area (Å²) in [5, 5.41) is 6.47. The van der Waals surface area contributed by atoms with Crippen molar-refractivity contribution in [3.8, 4) is 22.8 Å². The Bertz CT molecular complexity index is 1760. The van der Waals surface area contributed by atoms with Crippen molar-refractivity contribution >= 4 is 0 Å². The fraction of sp³-hybridized carbons (Fsp3) is 0.212.